The van der Waals surface area contributed by atoms with Crippen LogP contribution in [-0.2, 0) is 9.53 Å². The van der Waals surface area contributed by atoms with E-state index in [9.17, 15) is 4.79 Å². The van der Waals surface area contributed by atoms with E-state index < -0.39 is 5.54 Å². The zero-order valence-electron chi connectivity index (χ0n) is 13.2. The highest BCUT2D eigenvalue weighted by atomic mass is 35.5. The van der Waals surface area contributed by atoms with Crippen LogP contribution in [0.15, 0.2) is 24.3 Å². The van der Waals surface area contributed by atoms with Crippen molar-refractivity contribution in [2.75, 3.05) is 11.9 Å². The van der Waals surface area contributed by atoms with Crippen molar-refractivity contribution in [2.45, 2.75) is 46.1 Å². The number of benzene rings is 1. The molecule has 0 heterocycles. The fraction of sp³-hybridized carbons (Fsp3) is 0.588. The van der Waals surface area contributed by atoms with Gasteiger partial charge in [0, 0.05) is 10.7 Å². The van der Waals surface area contributed by atoms with Crippen LogP contribution in [0, 0.1) is 11.3 Å². The average Bonchev–Trinajstić information content (AvgIpc) is 2.60. The van der Waals surface area contributed by atoms with Gasteiger partial charge in [0.1, 0.15) is 5.54 Å². The number of carbonyl (C=O) groups excluding carboxylic acids is 1. The Labute approximate surface area is 132 Å². The van der Waals surface area contributed by atoms with Gasteiger partial charge in [0.05, 0.1) is 6.61 Å². The van der Waals surface area contributed by atoms with E-state index in [0.29, 0.717) is 11.6 Å². The van der Waals surface area contributed by atoms with Crippen LogP contribution in [0.1, 0.15) is 40.5 Å². The molecule has 1 aliphatic rings. The molecule has 0 aliphatic heterocycles. The topological polar surface area (TPSA) is 38.3 Å². The monoisotopic (exact) mass is 309 g/mol. The lowest BCUT2D eigenvalue weighted by Crippen LogP contribution is -2.50. The number of ether oxygens (including phenoxy) is 1. The molecule has 2 atom stereocenters. The smallest absolute Gasteiger partial charge is 0.332 e. The number of carbonyl (C=O) groups is 1. The number of halogens is 1. The Morgan fingerprint density at radius 1 is 1.48 bits per heavy atom. The highest BCUT2D eigenvalue weighted by Gasteiger charge is 2.54. The Hall–Kier alpha value is -1.22. The zero-order valence-corrected chi connectivity index (χ0v) is 14.0. The molecular formula is C17H24ClNO2. The van der Waals surface area contributed by atoms with E-state index >= 15 is 0 Å². The second-order valence-corrected chi connectivity index (χ2v) is 7.21. The van der Waals surface area contributed by atoms with E-state index in [1.165, 1.54) is 0 Å². The van der Waals surface area contributed by atoms with E-state index in [-0.39, 0.29) is 17.3 Å². The van der Waals surface area contributed by atoms with Crippen LogP contribution in [0.3, 0.4) is 0 Å². The molecule has 0 aromatic heterocycles. The lowest BCUT2D eigenvalue weighted by molar-refractivity contribution is -0.150. The standard InChI is InChI=1S/C17H24ClNO2/c1-5-21-15(20)17(11-16(3,4)10-12(17)2)19-14-8-6-7-13(18)9-14/h6-9,12,19H,5,10-11H2,1-4H3. The van der Waals surface area contributed by atoms with Crippen LogP contribution in [0.4, 0.5) is 5.69 Å². The summed E-state index contributed by atoms with van der Waals surface area (Å²) < 4.78 is 5.36. The van der Waals surface area contributed by atoms with E-state index in [1.54, 1.807) is 0 Å². The predicted molar refractivity (Wildman–Crippen MR) is 86.6 cm³/mol. The van der Waals surface area contributed by atoms with Gasteiger partial charge in [-0.2, -0.15) is 0 Å². The maximum absolute atomic E-state index is 12.6. The van der Waals surface area contributed by atoms with Gasteiger partial charge in [-0.25, -0.2) is 4.79 Å². The summed E-state index contributed by atoms with van der Waals surface area (Å²) in [6, 6.07) is 7.49. The third kappa shape index (κ3) is 3.34. The number of esters is 1. The predicted octanol–water partition coefficient (Wildman–Crippen LogP) is 4.51. The van der Waals surface area contributed by atoms with E-state index in [4.69, 9.17) is 16.3 Å². The average molecular weight is 310 g/mol. The first-order chi connectivity index (χ1) is 9.79. The van der Waals surface area contributed by atoms with E-state index in [2.05, 4.69) is 26.1 Å². The minimum atomic E-state index is -0.676. The number of hydrogen-bond donors (Lipinski definition) is 1. The molecule has 4 heteroatoms. The maximum Gasteiger partial charge on any atom is 0.332 e. The van der Waals surface area contributed by atoms with Gasteiger partial charge in [0.2, 0.25) is 0 Å². The molecular weight excluding hydrogens is 286 g/mol. The molecule has 3 nitrogen and oxygen atoms in total. The highest BCUT2D eigenvalue weighted by molar-refractivity contribution is 6.30. The maximum atomic E-state index is 12.6. The van der Waals surface area contributed by atoms with Gasteiger partial charge in [-0.05, 0) is 49.3 Å². The molecule has 1 aromatic carbocycles. The lowest BCUT2D eigenvalue weighted by Gasteiger charge is -2.34. The quantitative estimate of drug-likeness (QED) is 0.832. The lowest BCUT2D eigenvalue weighted by atomic mass is 9.86. The van der Waals surface area contributed by atoms with Crippen molar-refractivity contribution in [3.8, 4) is 0 Å². The zero-order chi connectivity index (χ0) is 15.7. The summed E-state index contributed by atoms with van der Waals surface area (Å²) in [4.78, 5) is 12.6. The molecule has 0 bridgehead atoms. The molecule has 2 unspecified atom stereocenters. The molecule has 1 N–H and O–H groups in total. The molecule has 21 heavy (non-hydrogen) atoms. The summed E-state index contributed by atoms with van der Waals surface area (Å²) in [5.74, 6) is 0.0357. The van der Waals surface area contributed by atoms with E-state index in [0.717, 1.165) is 18.5 Å². The second kappa shape index (κ2) is 5.88. The van der Waals surface area contributed by atoms with E-state index in [1.807, 2.05) is 31.2 Å². The Morgan fingerprint density at radius 2 is 2.19 bits per heavy atom. The number of anilines is 1. The highest BCUT2D eigenvalue weighted by Crippen LogP contribution is 2.49. The minimum Gasteiger partial charge on any atom is -0.464 e. The van der Waals surface area contributed by atoms with Gasteiger partial charge in [-0.1, -0.05) is 38.4 Å². The summed E-state index contributed by atoms with van der Waals surface area (Å²) in [7, 11) is 0. The molecule has 1 saturated carbocycles. The van der Waals surface area contributed by atoms with Gasteiger partial charge < -0.3 is 10.1 Å². The van der Waals surface area contributed by atoms with Crippen molar-refractivity contribution in [2.24, 2.45) is 11.3 Å². The molecule has 1 aromatic rings. The van der Waals surface area contributed by atoms with Crippen LogP contribution in [0.2, 0.25) is 5.02 Å². The van der Waals surface area contributed by atoms with Crippen molar-refractivity contribution in [1.29, 1.82) is 0 Å². The largest absolute Gasteiger partial charge is 0.464 e. The first-order valence-electron chi connectivity index (χ1n) is 7.50. The van der Waals surface area contributed by atoms with Crippen molar-refractivity contribution < 1.29 is 9.53 Å². The van der Waals surface area contributed by atoms with Crippen molar-refractivity contribution in [1.82, 2.24) is 0 Å². The van der Waals surface area contributed by atoms with Crippen LogP contribution in [0.25, 0.3) is 0 Å². The molecule has 0 saturated heterocycles. The molecule has 1 aliphatic carbocycles. The molecule has 0 spiro atoms. The van der Waals surface area contributed by atoms with Crippen LogP contribution >= 0.6 is 11.6 Å². The fourth-order valence-electron chi connectivity index (χ4n) is 3.58. The Balaban J connectivity index is 2.35. The Kier molecular flexibility index (Phi) is 4.52. The van der Waals surface area contributed by atoms with Gasteiger partial charge in [0.25, 0.3) is 0 Å². The summed E-state index contributed by atoms with van der Waals surface area (Å²) in [6.45, 7) is 8.75. The van der Waals surface area contributed by atoms with Crippen molar-refractivity contribution in [3.63, 3.8) is 0 Å². The Bertz CT molecular complexity index is 529. The summed E-state index contributed by atoms with van der Waals surface area (Å²) in [6.07, 6.45) is 1.74. The van der Waals surface area contributed by atoms with Crippen LogP contribution < -0.4 is 5.32 Å². The summed E-state index contributed by atoms with van der Waals surface area (Å²) >= 11 is 6.05. The van der Waals surface area contributed by atoms with Crippen LogP contribution in [-0.4, -0.2) is 18.1 Å². The second-order valence-electron chi connectivity index (χ2n) is 6.77. The number of rotatable bonds is 4. The van der Waals surface area contributed by atoms with Gasteiger partial charge in [-0.3, -0.25) is 0 Å². The molecule has 0 amide bonds. The molecule has 116 valence electrons. The Morgan fingerprint density at radius 3 is 2.71 bits per heavy atom. The van der Waals surface area contributed by atoms with Crippen LogP contribution in [0.5, 0.6) is 0 Å². The fourth-order valence-corrected chi connectivity index (χ4v) is 3.77. The summed E-state index contributed by atoms with van der Waals surface area (Å²) in [5.41, 5.74) is 0.294. The van der Waals surface area contributed by atoms with Gasteiger partial charge in [-0.15, -0.1) is 0 Å². The van der Waals surface area contributed by atoms with Gasteiger partial charge in [0.15, 0.2) is 0 Å². The summed E-state index contributed by atoms with van der Waals surface area (Å²) in [5, 5.41) is 4.08. The van der Waals surface area contributed by atoms with Crippen molar-refractivity contribution >= 4 is 23.3 Å². The minimum absolute atomic E-state index is 0.109. The normalized spacial score (nSPS) is 27.4. The third-order valence-corrected chi connectivity index (χ3v) is 4.52. The number of hydrogen-bond acceptors (Lipinski definition) is 3. The SMILES string of the molecule is CCOC(=O)C1(Nc2cccc(Cl)c2)CC(C)(C)CC1C. The molecule has 2 rings (SSSR count). The number of nitrogens with one attached hydrogen (secondary N) is 1. The molecule has 0 radical (unpaired) electrons. The first kappa shape index (κ1) is 16.2. The van der Waals surface area contributed by atoms with Crippen molar-refractivity contribution in [3.05, 3.63) is 29.3 Å². The third-order valence-electron chi connectivity index (χ3n) is 4.29. The molecule has 1 fully saturated rings. The first-order valence-corrected chi connectivity index (χ1v) is 7.88. The van der Waals surface area contributed by atoms with Gasteiger partial charge >= 0.3 is 5.97 Å².